The number of hydrogen-bond donors (Lipinski definition) is 3. The van der Waals surface area contributed by atoms with Gasteiger partial charge in [0.15, 0.2) is 6.23 Å². The summed E-state index contributed by atoms with van der Waals surface area (Å²) in [6.07, 6.45) is -4.27. The third-order valence-corrected chi connectivity index (χ3v) is 4.82. The third-order valence-electron chi connectivity index (χ3n) is 4.25. The molecule has 1 unspecified atom stereocenters. The number of aliphatic hydroxyl groups excluding tert-OH is 2. The summed E-state index contributed by atoms with van der Waals surface area (Å²) in [5, 5.41) is 20.2. The normalized spacial score (nSPS) is 27.0. The van der Waals surface area contributed by atoms with E-state index in [0.29, 0.717) is 12.4 Å². The minimum absolute atomic E-state index is 0.317. The van der Waals surface area contributed by atoms with Crippen molar-refractivity contribution in [2.24, 2.45) is 0 Å². The van der Waals surface area contributed by atoms with Crippen LogP contribution in [0.3, 0.4) is 0 Å². The number of ether oxygens (including phenoxy) is 2. The second-order valence-corrected chi connectivity index (χ2v) is 6.92. The highest BCUT2D eigenvalue weighted by atomic mass is 31.1. The number of alkyl halides is 1. The summed E-state index contributed by atoms with van der Waals surface area (Å²) >= 11 is 0. The first-order valence-electron chi connectivity index (χ1n) is 8.50. The van der Waals surface area contributed by atoms with Gasteiger partial charge < -0.3 is 28.7 Å². The van der Waals surface area contributed by atoms with Crippen molar-refractivity contribution in [1.82, 2.24) is 9.55 Å². The summed E-state index contributed by atoms with van der Waals surface area (Å²) in [5.74, 6) is -2.30. The largest absolute Gasteiger partial charge is 0.449 e. The van der Waals surface area contributed by atoms with Gasteiger partial charge in [-0.3, -0.25) is 14.3 Å². The molecule has 2 heterocycles. The Balaban J connectivity index is 1.62. The molecule has 5 atom stereocenters. The van der Waals surface area contributed by atoms with Crippen LogP contribution in [0.2, 0.25) is 0 Å². The van der Waals surface area contributed by atoms with E-state index in [9.17, 15) is 19.8 Å². The van der Waals surface area contributed by atoms with Gasteiger partial charge in [0.25, 0.3) is 11.4 Å². The number of nitrogens with one attached hydrogen (secondary N) is 1. The van der Waals surface area contributed by atoms with Crippen molar-refractivity contribution in [3.8, 4) is 5.75 Å². The summed E-state index contributed by atoms with van der Waals surface area (Å²) in [4.78, 5) is 25.0. The lowest BCUT2D eigenvalue weighted by atomic mass is 10.1. The molecule has 29 heavy (non-hydrogen) atoms. The minimum atomic E-state index is -2.79. The molecule has 0 bridgehead atoms. The molecule has 1 aromatic carbocycles. The SMILES string of the molecule is COCc1ccccc1OPOC[C@@]1(F)O[C@@H](n2ccc(=O)[nH]c2=O)[C@H](O)[C@@H]1O. The quantitative estimate of drug-likeness (QED) is 0.400. The van der Waals surface area contributed by atoms with Crippen LogP contribution >= 0.6 is 9.03 Å². The molecule has 1 aromatic heterocycles. The van der Waals surface area contributed by atoms with Gasteiger partial charge in [-0.25, -0.2) is 9.18 Å². The number of para-hydroxylation sites is 1. The molecular weight excluding hydrogens is 410 g/mol. The van der Waals surface area contributed by atoms with Crippen LogP contribution in [0.4, 0.5) is 4.39 Å². The molecule has 1 fully saturated rings. The van der Waals surface area contributed by atoms with Gasteiger partial charge in [0.1, 0.15) is 24.6 Å². The van der Waals surface area contributed by atoms with E-state index in [1.165, 1.54) is 7.11 Å². The van der Waals surface area contributed by atoms with E-state index in [1.807, 2.05) is 11.1 Å². The topological polar surface area (TPSA) is 132 Å². The van der Waals surface area contributed by atoms with Crippen LogP contribution in [0.5, 0.6) is 5.75 Å². The van der Waals surface area contributed by atoms with Gasteiger partial charge in [-0.05, 0) is 6.07 Å². The predicted octanol–water partition coefficient (Wildman–Crippen LogP) is 0.203. The molecule has 2 aromatic rings. The maximum absolute atomic E-state index is 15.0. The lowest BCUT2D eigenvalue weighted by Crippen LogP contribution is -2.42. The molecule has 1 saturated heterocycles. The van der Waals surface area contributed by atoms with Crippen LogP contribution < -0.4 is 15.8 Å². The Hall–Kier alpha value is -2.14. The molecule has 0 saturated carbocycles. The van der Waals surface area contributed by atoms with Gasteiger partial charge in [-0.15, -0.1) is 0 Å². The van der Waals surface area contributed by atoms with E-state index in [1.54, 1.807) is 18.2 Å². The van der Waals surface area contributed by atoms with Crippen molar-refractivity contribution >= 4 is 9.03 Å². The number of rotatable bonds is 8. The van der Waals surface area contributed by atoms with Gasteiger partial charge >= 0.3 is 5.69 Å². The average molecular weight is 430 g/mol. The first-order valence-corrected chi connectivity index (χ1v) is 9.32. The van der Waals surface area contributed by atoms with E-state index < -0.39 is 51.2 Å². The van der Waals surface area contributed by atoms with E-state index in [-0.39, 0.29) is 0 Å². The summed E-state index contributed by atoms with van der Waals surface area (Å²) in [7, 11) is 0.908. The van der Waals surface area contributed by atoms with E-state index in [4.69, 9.17) is 18.5 Å². The number of halogens is 1. The number of benzene rings is 1. The molecule has 158 valence electrons. The molecular formula is C17H20FN2O8P. The predicted molar refractivity (Wildman–Crippen MR) is 99.3 cm³/mol. The molecule has 1 aliphatic heterocycles. The van der Waals surface area contributed by atoms with E-state index in [2.05, 4.69) is 0 Å². The Kier molecular flexibility index (Phi) is 6.78. The van der Waals surface area contributed by atoms with Gasteiger partial charge in [-0.1, -0.05) is 18.2 Å². The fourth-order valence-electron chi connectivity index (χ4n) is 2.80. The third kappa shape index (κ3) is 4.72. The van der Waals surface area contributed by atoms with Crippen molar-refractivity contribution in [3.05, 3.63) is 62.9 Å². The minimum Gasteiger partial charge on any atom is -0.449 e. The van der Waals surface area contributed by atoms with Gasteiger partial charge in [-0.2, -0.15) is 0 Å². The maximum Gasteiger partial charge on any atom is 0.330 e. The molecule has 0 amide bonds. The molecule has 0 radical (unpaired) electrons. The Bertz CT molecular complexity index is 953. The van der Waals surface area contributed by atoms with Crippen LogP contribution in [0, 0.1) is 0 Å². The molecule has 1 aliphatic rings. The first-order chi connectivity index (χ1) is 13.9. The van der Waals surface area contributed by atoms with Crippen molar-refractivity contribution in [2.75, 3.05) is 13.7 Å². The Morgan fingerprint density at radius 3 is 2.79 bits per heavy atom. The van der Waals surface area contributed by atoms with E-state index in [0.717, 1.165) is 22.4 Å². The number of methoxy groups -OCH3 is 1. The zero-order chi connectivity index (χ0) is 21.0. The van der Waals surface area contributed by atoms with Crippen LogP contribution in [0.25, 0.3) is 0 Å². The number of aromatic amines is 1. The number of nitrogens with zero attached hydrogens (tertiary/aromatic N) is 1. The highest BCUT2D eigenvalue weighted by Gasteiger charge is 2.56. The second-order valence-electron chi connectivity index (χ2n) is 6.26. The van der Waals surface area contributed by atoms with Crippen LogP contribution in [0.15, 0.2) is 46.1 Å². The summed E-state index contributed by atoms with van der Waals surface area (Å²) < 4.78 is 36.5. The lowest BCUT2D eigenvalue weighted by molar-refractivity contribution is -0.202. The first kappa shape index (κ1) is 21.6. The van der Waals surface area contributed by atoms with Crippen LogP contribution in [-0.4, -0.2) is 51.5 Å². The molecule has 3 rings (SSSR count). The van der Waals surface area contributed by atoms with E-state index >= 15 is 4.39 Å². The smallest absolute Gasteiger partial charge is 0.330 e. The Labute approximate surface area is 165 Å². The van der Waals surface area contributed by atoms with Crippen molar-refractivity contribution < 1.29 is 33.1 Å². The van der Waals surface area contributed by atoms with Crippen LogP contribution in [0.1, 0.15) is 11.8 Å². The Morgan fingerprint density at radius 1 is 1.31 bits per heavy atom. The molecule has 12 heteroatoms. The van der Waals surface area contributed by atoms with Crippen molar-refractivity contribution in [2.45, 2.75) is 30.9 Å². The lowest BCUT2D eigenvalue weighted by Gasteiger charge is -2.22. The molecule has 0 spiro atoms. The fraction of sp³-hybridized carbons (Fsp3) is 0.412. The van der Waals surface area contributed by atoms with Gasteiger partial charge in [0.2, 0.25) is 9.03 Å². The monoisotopic (exact) mass is 430 g/mol. The Morgan fingerprint density at radius 2 is 2.07 bits per heavy atom. The zero-order valence-electron chi connectivity index (χ0n) is 15.3. The van der Waals surface area contributed by atoms with Crippen molar-refractivity contribution in [3.63, 3.8) is 0 Å². The molecule has 10 nitrogen and oxygen atoms in total. The molecule has 3 N–H and O–H groups in total. The molecule has 0 aliphatic carbocycles. The number of hydrogen-bond acceptors (Lipinski definition) is 8. The summed E-state index contributed by atoms with van der Waals surface area (Å²) in [6.45, 7) is -0.442. The summed E-state index contributed by atoms with van der Waals surface area (Å²) in [5.41, 5.74) is -0.814. The standard InChI is InChI=1S/C17H20FN2O8P/c1-25-8-10-4-2-3-5-11(10)28-29-26-9-17(18)14(23)13(22)15(27-17)20-7-6-12(21)19-16(20)24/h2-7,13-15,22-23,29H,8-9H2,1H3,(H,19,21,24)/t13-,14+,15-,17-/m1/s1. The highest BCUT2D eigenvalue weighted by Crippen LogP contribution is 2.39. The number of aliphatic hydroxyl groups is 2. The van der Waals surface area contributed by atoms with Gasteiger partial charge in [0, 0.05) is 24.9 Å². The highest BCUT2D eigenvalue weighted by molar-refractivity contribution is 7.26. The number of H-pyrrole nitrogens is 1. The van der Waals surface area contributed by atoms with Crippen LogP contribution in [-0.2, 0) is 20.6 Å². The van der Waals surface area contributed by atoms with Gasteiger partial charge in [0.05, 0.1) is 6.61 Å². The van der Waals surface area contributed by atoms with Crippen molar-refractivity contribution in [1.29, 1.82) is 0 Å². The zero-order valence-corrected chi connectivity index (χ0v) is 16.3. The maximum atomic E-state index is 15.0. The second kappa shape index (κ2) is 9.12. The average Bonchev–Trinajstić information content (AvgIpc) is 2.91. The number of aromatic nitrogens is 2. The fourth-order valence-corrected chi connectivity index (χ4v) is 3.40. The summed E-state index contributed by atoms with van der Waals surface area (Å²) in [6, 6.07) is 8.06.